The molecule has 1 aliphatic carbocycles. The summed E-state index contributed by atoms with van der Waals surface area (Å²) in [4.78, 5) is 39.3. The first-order valence-corrected chi connectivity index (χ1v) is 11.5. The molecule has 0 saturated carbocycles. The minimum Gasteiger partial charge on any atom is -0.462 e. The van der Waals surface area contributed by atoms with E-state index in [-0.39, 0.29) is 18.4 Å². The van der Waals surface area contributed by atoms with Crippen LogP contribution in [0.25, 0.3) is 0 Å². The van der Waals surface area contributed by atoms with Crippen LogP contribution in [-0.4, -0.2) is 24.4 Å². The van der Waals surface area contributed by atoms with Gasteiger partial charge in [0, 0.05) is 16.1 Å². The van der Waals surface area contributed by atoms with Crippen LogP contribution in [0.15, 0.2) is 54.6 Å². The summed E-state index contributed by atoms with van der Waals surface area (Å²) >= 11 is 1.47. The molecule has 1 aromatic heterocycles. The zero-order valence-corrected chi connectivity index (χ0v) is 18.6. The van der Waals surface area contributed by atoms with Crippen LogP contribution in [0.5, 0.6) is 0 Å². The lowest BCUT2D eigenvalue weighted by Gasteiger charge is -2.14. The number of carbonyl (C=O) groups is 3. The number of aryl methyl sites for hydroxylation is 1. The third-order valence-corrected chi connectivity index (χ3v) is 6.50. The molecule has 2 N–H and O–H groups in total. The van der Waals surface area contributed by atoms with Crippen molar-refractivity contribution in [2.24, 2.45) is 0 Å². The lowest BCUT2D eigenvalue weighted by molar-refractivity contribution is 0.0526. The molecule has 2 amide bonds. The number of carbonyl (C=O) groups excluding carboxylic acids is 3. The Labute approximate surface area is 190 Å². The molecular weight excluding hydrogens is 424 g/mol. The summed E-state index contributed by atoms with van der Waals surface area (Å²) in [6, 6.07) is 15.6. The fourth-order valence-electron chi connectivity index (χ4n) is 3.79. The summed E-state index contributed by atoms with van der Waals surface area (Å²) < 4.78 is 5.04. The fraction of sp³-hybridized carbons (Fsp3) is 0.240. The van der Waals surface area contributed by atoms with Gasteiger partial charge in [-0.2, -0.15) is 0 Å². The van der Waals surface area contributed by atoms with E-state index in [0.29, 0.717) is 27.4 Å². The van der Waals surface area contributed by atoms with Crippen molar-refractivity contribution in [1.29, 1.82) is 0 Å². The summed E-state index contributed by atoms with van der Waals surface area (Å²) in [5.41, 5.74) is 2.91. The summed E-state index contributed by atoms with van der Waals surface area (Å²) in [6.07, 6.45) is 3.79. The minimum absolute atomic E-state index is 0.248. The van der Waals surface area contributed by atoms with Crippen LogP contribution in [0.4, 0.5) is 10.7 Å². The predicted molar refractivity (Wildman–Crippen MR) is 126 cm³/mol. The highest BCUT2D eigenvalue weighted by Gasteiger charge is 2.27. The number of esters is 1. The first-order chi connectivity index (χ1) is 15.6. The van der Waals surface area contributed by atoms with Crippen LogP contribution >= 0.6 is 11.3 Å². The Morgan fingerprint density at radius 3 is 2.44 bits per heavy atom. The summed E-state index contributed by atoms with van der Waals surface area (Å²) in [5.74, 6) is -0.983. The Kier molecular flexibility index (Phi) is 6.66. The maximum absolute atomic E-state index is 13.3. The molecule has 0 spiro atoms. The highest BCUT2D eigenvalue weighted by atomic mass is 32.1. The van der Waals surface area contributed by atoms with Crippen LogP contribution in [0, 0.1) is 0 Å². The zero-order valence-electron chi connectivity index (χ0n) is 17.8. The maximum Gasteiger partial charge on any atom is 0.338 e. The van der Waals surface area contributed by atoms with Gasteiger partial charge in [0.05, 0.1) is 17.7 Å². The van der Waals surface area contributed by atoms with E-state index in [1.54, 1.807) is 55.5 Å². The van der Waals surface area contributed by atoms with Crippen LogP contribution in [0.3, 0.4) is 0 Å². The Hall–Kier alpha value is -3.45. The number of benzene rings is 2. The number of nitrogens with one attached hydrogen (secondary N) is 2. The molecule has 2 aromatic carbocycles. The SMILES string of the molecule is CCOC(=O)c1cccc(NC(=O)c2c(NC(=O)c3ccccc3)sc3c2CCCC3)c1. The summed E-state index contributed by atoms with van der Waals surface area (Å²) in [5, 5.41) is 6.40. The van der Waals surface area contributed by atoms with Crippen molar-refractivity contribution in [2.75, 3.05) is 17.2 Å². The van der Waals surface area contributed by atoms with E-state index in [1.165, 1.54) is 11.3 Å². The van der Waals surface area contributed by atoms with Crippen molar-refractivity contribution < 1.29 is 19.1 Å². The Balaban J connectivity index is 1.61. The summed E-state index contributed by atoms with van der Waals surface area (Å²) in [7, 11) is 0. The molecule has 0 fully saturated rings. The standard InChI is InChI=1S/C25H24N2O4S/c1-2-31-25(30)17-11-8-12-18(15-17)26-23(29)21-19-13-6-7-14-20(19)32-24(21)27-22(28)16-9-4-3-5-10-16/h3-5,8-12,15H,2,6-7,13-14H2,1H3,(H,26,29)(H,27,28). The van der Waals surface area contributed by atoms with Gasteiger partial charge in [-0.25, -0.2) is 4.79 Å². The van der Waals surface area contributed by atoms with E-state index in [0.717, 1.165) is 36.1 Å². The number of rotatable bonds is 6. The molecule has 0 unspecified atom stereocenters. The lowest BCUT2D eigenvalue weighted by Crippen LogP contribution is -2.19. The highest BCUT2D eigenvalue weighted by Crippen LogP contribution is 2.38. The number of amides is 2. The van der Waals surface area contributed by atoms with Gasteiger partial charge in [-0.15, -0.1) is 11.3 Å². The highest BCUT2D eigenvalue weighted by molar-refractivity contribution is 7.17. The Morgan fingerprint density at radius 1 is 0.906 bits per heavy atom. The first kappa shape index (κ1) is 21.8. The molecule has 4 rings (SSSR count). The summed E-state index contributed by atoms with van der Waals surface area (Å²) in [6.45, 7) is 2.02. The topological polar surface area (TPSA) is 84.5 Å². The van der Waals surface area contributed by atoms with Crippen molar-refractivity contribution in [1.82, 2.24) is 0 Å². The molecule has 6 nitrogen and oxygen atoms in total. The monoisotopic (exact) mass is 448 g/mol. The largest absolute Gasteiger partial charge is 0.462 e. The van der Waals surface area contributed by atoms with Crippen LogP contribution in [0.1, 0.15) is 61.3 Å². The average molecular weight is 449 g/mol. The molecule has 0 radical (unpaired) electrons. The smallest absolute Gasteiger partial charge is 0.338 e. The molecule has 0 bridgehead atoms. The molecule has 0 atom stereocenters. The molecule has 1 heterocycles. The first-order valence-electron chi connectivity index (χ1n) is 10.7. The van der Waals surface area contributed by atoms with E-state index in [2.05, 4.69) is 10.6 Å². The zero-order chi connectivity index (χ0) is 22.5. The van der Waals surface area contributed by atoms with E-state index >= 15 is 0 Å². The fourth-order valence-corrected chi connectivity index (χ4v) is 5.07. The third kappa shape index (κ3) is 4.73. The molecule has 7 heteroatoms. The minimum atomic E-state index is -0.438. The third-order valence-electron chi connectivity index (χ3n) is 5.29. The van der Waals surface area contributed by atoms with Gasteiger partial charge in [-0.1, -0.05) is 24.3 Å². The van der Waals surface area contributed by atoms with Crippen LogP contribution < -0.4 is 10.6 Å². The van der Waals surface area contributed by atoms with Crippen molar-refractivity contribution in [3.8, 4) is 0 Å². The Bertz CT molecular complexity index is 1150. The molecule has 32 heavy (non-hydrogen) atoms. The van der Waals surface area contributed by atoms with Gasteiger partial charge in [-0.3, -0.25) is 9.59 Å². The number of hydrogen-bond acceptors (Lipinski definition) is 5. The molecule has 3 aromatic rings. The number of anilines is 2. The number of ether oxygens (including phenoxy) is 1. The predicted octanol–water partition coefficient (Wildman–Crippen LogP) is 5.31. The van der Waals surface area contributed by atoms with Crippen molar-refractivity contribution >= 4 is 39.8 Å². The van der Waals surface area contributed by atoms with E-state index in [1.807, 2.05) is 6.07 Å². The van der Waals surface area contributed by atoms with Crippen molar-refractivity contribution in [2.45, 2.75) is 32.6 Å². The van der Waals surface area contributed by atoms with Crippen LogP contribution in [-0.2, 0) is 17.6 Å². The van der Waals surface area contributed by atoms with Gasteiger partial charge in [0.25, 0.3) is 11.8 Å². The van der Waals surface area contributed by atoms with Gasteiger partial charge < -0.3 is 15.4 Å². The second-order valence-corrected chi connectivity index (χ2v) is 8.60. The van der Waals surface area contributed by atoms with Crippen molar-refractivity contribution in [3.05, 3.63) is 81.7 Å². The quantitative estimate of drug-likeness (QED) is 0.501. The second kappa shape index (κ2) is 9.78. The van der Waals surface area contributed by atoms with E-state index in [9.17, 15) is 14.4 Å². The van der Waals surface area contributed by atoms with Gasteiger partial charge in [-0.05, 0) is 68.5 Å². The molecule has 164 valence electrons. The molecule has 0 aliphatic heterocycles. The number of thiophene rings is 1. The lowest BCUT2D eigenvalue weighted by atomic mass is 9.95. The molecule has 0 saturated heterocycles. The van der Waals surface area contributed by atoms with Gasteiger partial charge >= 0.3 is 5.97 Å². The van der Waals surface area contributed by atoms with Gasteiger partial charge in [0.2, 0.25) is 0 Å². The van der Waals surface area contributed by atoms with Gasteiger partial charge in [0.1, 0.15) is 5.00 Å². The molecule has 1 aliphatic rings. The second-order valence-electron chi connectivity index (χ2n) is 7.49. The number of hydrogen-bond donors (Lipinski definition) is 2. The Morgan fingerprint density at radius 2 is 1.66 bits per heavy atom. The normalized spacial score (nSPS) is 12.5. The van der Waals surface area contributed by atoms with Crippen LogP contribution in [0.2, 0.25) is 0 Å². The average Bonchev–Trinajstić information content (AvgIpc) is 3.18. The van der Waals surface area contributed by atoms with Gasteiger partial charge in [0.15, 0.2) is 0 Å². The van der Waals surface area contributed by atoms with E-state index < -0.39 is 5.97 Å². The number of fused-ring (bicyclic) bond motifs is 1. The molecular formula is C25H24N2O4S. The maximum atomic E-state index is 13.3. The van der Waals surface area contributed by atoms with Crippen molar-refractivity contribution in [3.63, 3.8) is 0 Å². The van der Waals surface area contributed by atoms with E-state index in [4.69, 9.17) is 4.74 Å².